The number of nitrogens with zero attached hydrogens (tertiary/aromatic N) is 3. The van der Waals surface area contributed by atoms with Crippen molar-refractivity contribution in [1.82, 2.24) is 14.8 Å². The molecule has 0 saturated carbocycles. The van der Waals surface area contributed by atoms with Gasteiger partial charge in [0.15, 0.2) is 23.1 Å². The Labute approximate surface area is 165 Å². The third-order valence-electron chi connectivity index (χ3n) is 5.08. The fourth-order valence-electron chi connectivity index (χ4n) is 3.57. The third kappa shape index (κ3) is 3.73. The third-order valence-corrected chi connectivity index (χ3v) is 5.08. The highest BCUT2D eigenvalue weighted by Gasteiger charge is 2.25. The Bertz CT molecular complexity index is 918. The zero-order valence-corrected chi connectivity index (χ0v) is 16.3. The first-order chi connectivity index (χ1) is 13.8. The van der Waals surface area contributed by atoms with Gasteiger partial charge in [0.05, 0.1) is 26.4 Å². The number of para-hydroxylation sites is 1. The van der Waals surface area contributed by atoms with Crippen LogP contribution in [0.4, 0.5) is 0 Å². The number of methoxy groups -OCH3 is 2. The van der Waals surface area contributed by atoms with Gasteiger partial charge in [0.2, 0.25) is 0 Å². The molecule has 146 valence electrons. The smallest absolute Gasteiger partial charge is 0.171 e. The Kier molecular flexibility index (Phi) is 5.58. The largest absolute Gasteiger partial charge is 0.493 e. The molecule has 0 amide bonds. The van der Waals surface area contributed by atoms with E-state index in [2.05, 4.69) is 24.3 Å². The van der Waals surface area contributed by atoms with E-state index in [1.165, 1.54) is 5.56 Å². The van der Waals surface area contributed by atoms with Crippen molar-refractivity contribution in [3.05, 3.63) is 59.9 Å². The minimum absolute atomic E-state index is 0.244. The van der Waals surface area contributed by atoms with E-state index in [1.54, 1.807) is 14.2 Å². The topological polar surface area (TPSA) is 58.4 Å². The lowest BCUT2D eigenvalue weighted by atomic mass is 10.1. The molecule has 0 bridgehead atoms. The van der Waals surface area contributed by atoms with Crippen molar-refractivity contribution in [2.75, 3.05) is 27.4 Å². The van der Waals surface area contributed by atoms with E-state index in [0.717, 1.165) is 43.2 Å². The van der Waals surface area contributed by atoms with Crippen LogP contribution in [0.25, 0.3) is 11.4 Å². The fourth-order valence-corrected chi connectivity index (χ4v) is 3.57. The van der Waals surface area contributed by atoms with Crippen molar-refractivity contribution in [2.24, 2.45) is 0 Å². The Hall–Kier alpha value is -2.86. The van der Waals surface area contributed by atoms with Crippen LogP contribution in [0.2, 0.25) is 0 Å². The summed E-state index contributed by atoms with van der Waals surface area (Å²) in [4.78, 5) is 4.90. The molecule has 1 fully saturated rings. The van der Waals surface area contributed by atoms with Gasteiger partial charge in [0, 0.05) is 19.1 Å². The monoisotopic (exact) mass is 379 g/mol. The summed E-state index contributed by atoms with van der Waals surface area (Å²) in [6, 6.07) is 16.3. The molecule has 0 N–H and O–H groups in total. The van der Waals surface area contributed by atoms with Crippen LogP contribution in [-0.2, 0) is 17.7 Å². The average molecular weight is 379 g/mol. The SMILES string of the molecule is COc1cccc(-c2nc(C3CCOC3)nn2CCc2ccccc2)c1OC. The first-order valence-corrected chi connectivity index (χ1v) is 9.58. The van der Waals surface area contributed by atoms with E-state index in [4.69, 9.17) is 24.3 Å². The highest BCUT2D eigenvalue weighted by atomic mass is 16.5. The minimum atomic E-state index is 0.244. The molecule has 1 aromatic heterocycles. The Morgan fingerprint density at radius 2 is 1.93 bits per heavy atom. The predicted octanol–water partition coefficient (Wildman–Crippen LogP) is 3.71. The minimum Gasteiger partial charge on any atom is -0.493 e. The molecule has 0 spiro atoms. The second kappa shape index (κ2) is 8.44. The Balaban J connectivity index is 1.72. The summed E-state index contributed by atoms with van der Waals surface area (Å²) < 4.78 is 18.6. The zero-order valence-electron chi connectivity index (χ0n) is 16.3. The maximum Gasteiger partial charge on any atom is 0.171 e. The number of aryl methyl sites for hydroxylation is 2. The van der Waals surface area contributed by atoms with Crippen LogP contribution in [0.5, 0.6) is 11.5 Å². The maximum absolute atomic E-state index is 5.64. The Morgan fingerprint density at radius 1 is 1.07 bits per heavy atom. The van der Waals surface area contributed by atoms with E-state index >= 15 is 0 Å². The molecule has 2 aromatic carbocycles. The van der Waals surface area contributed by atoms with E-state index in [9.17, 15) is 0 Å². The van der Waals surface area contributed by atoms with E-state index < -0.39 is 0 Å². The molecule has 1 aliphatic rings. The van der Waals surface area contributed by atoms with Gasteiger partial charge < -0.3 is 14.2 Å². The number of rotatable bonds is 7. The molecular formula is C22H25N3O3. The molecule has 2 heterocycles. The fraction of sp³-hybridized carbons (Fsp3) is 0.364. The first-order valence-electron chi connectivity index (χ1n) is 9.58. The van der Waals surface area contributed by atoms with Gasteiger partial charge in [0.25, 0.3) is 0 Å². The summed E-state index contributed by atoms with van der Waals surface area (Å²) in [5.74, 6) is 3.24. The van der Waals surface area contributed by atoms with Crippen LogP contribution in [0, 0.1) is 0 Å². The number of benzene rings is 2. The van der Waals surface area contributed by atoms with Crippen LogP contribution in [0.3, 0.4) is 0 Å². The van der Waals surface area contributed by atoms with Crippen LogP contribution in [0.15, 0.2) is 48.5 Å². The highest BCUT2D eigenvalue weighted by Crippen LogP contribution is 2.37. The van der Waals surface area contributed by atoms with Gasteiger partial charge in [-0.25, -0.2) is 9.67 Å². The molecule has 1 saturated heterocycles. The molecule has 4 rings (SSSR count). The van der Waals surface area contributed by atoms with Gasteiger partial charge in [-0.05, 0) is 30.5 Å². The van der Waals surface area contributed by atoms with Gasteiger partial charge in [-0.3, -0.25) is 0 Å². The van der Waals surface area contributed by atoms with Gasteiger partial charge in [-0.1, -0.05) is 36.4 Å². The first kappa shape index (κ1) is 18.5. The van der Waals surface area contributed by atoms with Gasteiger partial charge >= 0.3 is 0 Å². The summed E-state index contributed by atoms with van der Waals surface area (Å²) in [6.45, 7) is 2.18. The summed E-state index contributed by atoms with van der Waals surface area (Å²) in [7, 11) is 3.29. The number of aromatic nitrogens is 3. The number of ether oxygens (including phenoxy) is 3. The summed E-state index contributed by atoms with van der Waals surface area (Å²) in [5, 5.41) is 4.84. The van der Waals surface area contributed by atoms with Crippen molar-refractivity contribution in [2.45, 2.75) is 25.3 Å². The molecular weight excluding hydrogens is 354 g/mol. The van der Waals surface area contributed by atoms with Gasteiger partial charge in [0.1, 0.15) is 0 Å². The quantitative estimate of drug-likeness (QED) is 0.626. The van der Waals surface area contributed by atoms with Crippen LogP contribution in [0.1, 0.15) is 23.7 Å². The summed E-state index contributed by atoms with van der Waals surface area (Å²) in [5.41, 5.74) is 2.15. The van der Waals surface area contributed by atoms with E-state index in [1.807, 2.05) is 28.9 Å². The maximum atomic E-state index is 5.64. The van der Waals surface area contributed by atoms with Gasteiger partial charge in [-0.2, -0.15) is 5.10 Å². The Morgan fingerprint density at radius 3 is 2.64 bits per heavy atom. The molecule has 1 aliphatic heterocycles. The summed E-state index contributed by atoms with van der Waals surface area (Å²) >= 11 is 0. The molecule has 6 nitrogen and oxygen atoms in total. The van der Waals surface area contributed by atoms with Crippen molar-refractivity contribution in [1.29, 1.82) is 0 Å². The van der Waals surface area contributed by atoms with Crippen LogP contribution in [-0.4, -0.2) is 42.2 Å². The number of hydrogen-bond acceptors (Lipinski definition) is 5. The molecule has 1 unspecified atom stereocenters. The zero-order chi connectivity index (χ0) is 19.3. The van der Waals surface area contributed by atoms with Crippen LogP contribution < -0.4 is 9.47 Å². The molecule has 6 heteroatoms. The van der Waals surface area contributed by atoms with Crippen molar-refractivity contribution >= 4 is 0 Å². The second-order valence-electron chi connectivity index (χ2n) is 6.85. The number of hydrogen-bond donors (Lipinski definition) is 0. The lowest BCUT2D eigenvalue weighted by Gasteiger charge is -2.13. The summed E-state index contributed by atoms with van der Waals surface area (Å²) in [6.07, 6.45) is 1.83. The highest BCUT2D eigenvalue weighted by molar-refractivity contribution is 5.69. The van der Waals surface area contributed by atoms with Crippen molar-refractivity contribution < 1.29 is 14.2 Å². The second-order valence-corrected chi connectivity index (χ2v) is 6.85. The molecule has 1 atom stereocenters. The standard InChI is InChI=1S/C22H25N3O3/c1-26-19-10-6-9-18(20(19)27-2)22-23-21(17-12-14-28-15-17)24-25(22)13-11-16-7-4-3-5-8-16/h3-10,17H,11-15H2,1-2H3. The van der Waals surface area contributed by atoms with E-state index in [0.29, 0.717) is 18.1 Å². The van der Waals surface area contributed by atoms with Gasteiger partial charge in [-0.15, -0.1) is 0 Å². The molecule has 0 aliphatic carbocycles. The lowest BCUT2D eigenvalue weighted by Crippen LogP contribution is -2.07. The van der Waals surface area contributed by atoms with Crippen molar-refractivity contribution in [3.8, 4) is 22.9 Å². The van der Waals surface area contributed by atoms with Crippen molar-refractivity contribution in [3.63, 3.8) is 0 Å². The average Bonchev–Trinajstić information content (AvgIpc) is 3.42. The van der Waals surface area contributed by atoms with E-state index in [-0.39, 0.29) is 5.92 Å². The molecule has 3 aromatic rings. The normalized spacial score (nSPS) is 16.3. The van der Waals surface area contributed by atoms with Crippen LogP contribution >= 0.6 is 0 Å². The molecule has 0 radical (unpaired) electrons. The lowest BCUT2D eigenvalue weighted by molar-refractivity contribution is 0.193. The predicted molar refractivity (Wildman–Crippen MR) is 107 cm³/mol. The molecule has 28 heavy (non-hydrogen) atoms.